The molecule has 1 aliphatic heterocycles. The number of ether oxygens (including phenoxy) is 2. The van der Waals surface area contributed by atoms with E-state index < -0.39 is 0 Å². The number of nitrogens with zero attached hydrogens (tertiary/aromatic N) is 1. The van der Waals surface area contributed by atoms with E-state index in [0.717, 1.165) is 24.1 Å². The summed E-state index contributed by atoms with van der Waals surface area (Å²) in [6.07, 6.45) is 3.56. The number of carbonyl (C=O) groups is 1. The summed E-state index contributed by atoms with van der Waals surface area (Å²) < 4.78 is 10.8. The number of carbonyl (C=O) groups excluding carboxylic acids is 1. The SMILES string of the molecule is CCOC(=O)[C@@H]1CC[C@@H](c2ccnc(C)c2)OC1. The first-order chi connectivity index (χ1) is 8.70. The first-order valence-electron chi connectivity index (χ1n) is 6.41. The van der Waals surface area contributed by atoms with Gasteiger partial charge >= 0.3 is 5.97 Å². The summed E-state index contributed by atoms with van der Waals surface area (Å²) in [6.45, 7) is 4.67. The second-order valence-corrected chi connectivity index (χ2v) is 4.58. The van der Waals surface area contributed by atoms with Crippen molar-refractivity contribution in [2.45, 2.75) is 32.8 Å². The number of aryl methyl sites for hydroxylation is 1. The Hall–Kier alpha value is -1.42. The minimum absolute atomic E-state index is 0.0809. The Morgan fingerprint density at radius 3 is 3.00 bits per heavy atom. The topological polar surface area (TPSA) is 48.4 Å². The monoisotopic (exact) mass is 249 g/mol. The number of pyridine rings is 1. The van der Waals surface area contributed by atoms with Crippen molar-refractivity contribution in [1.29, 1.82) is 0 Å². The van der Waals surface area contributed by atoms with E-state index in [1.165, 1.54) is 0 Å². The third-order valence-corrected chi connectivity index (χ3v) is 3.19. The molecule has 98 valence electrons. The lowest BCUT2D eigenvalue weighted by Gasteiger charge is -2.28. The molecule has 2 rings (SSSR count). The second-order valence-electron chi connectivity index (χ2n) is 4.58. The van der Waals surface area contributed by atoms with E-state index >= 15 is 0 Å². The highest BCUT2D eigenvalue weighted by atomic mass is 16.5. The van der Waals surface area contributed by atoms with Gasteiger partial charge in [-0.2, -0.15) is 0 Å². The molecule has 2 atom stereocenters. The normalized spacial score (nSPS) is 23.7. The quantitative estimate of drug-likeness (QED) is 0.772. The van der Waals surface area contributed by atoms with Crippen molar-refractivity contribution in [3.63, 3.8) is 0 Å². The molecule has 0 bridgehead atoms. The molecule has 4 heteroatoms. The number of aromatic nitrogens is 1. The van der Waals surface area contributed by atoms with Crippen LogP contribution in [0.1, 0.15) is 37.1 Å². The Labute approximate surface area is 107 Å². The Balaban J connectivity index is 1.92. The standard InChI is InChI=1S/C14H19NO3/c1-3-17-14(16)12-4-5-13(18-9-12)11-6-7-15-10(2)8-11/h6-8,12-13H,3-5,9H2,1-2H3/t12-,13+/m1/s1. The predicted octanol–water partition coefficient (Wildman–Crippen LogP) is 2.42. The number of hydrogen-bond donors (Lipinski definition) is 0. The third-order valence-electron chi connectivity index (χ3n) is 3.19. The minimum atomic E-state index is -0.137. The van der Waals surface area contributed by atoms with Gasteiger partial charge in [-0.25, -0.2) is 0 Å². The van der Waals surface area contributed by atoms with Gasteiger partial charge in [0.25, 0.3) is 0 Å². The molecule has 2 heterocycles. The van der Waals surface area contributed by atoms with Gasteiger partial charge in [0.1, 0.15) is 0 Å². The fourth-order valence-electron chi connectivity index (χ4n) is 2.23. The molecule has 0 unspecified atom stereocenters. The van der Waals surface area contributed by atoms with Crippen LogP contribution in [0.15, 0.2) is 18.3 Å². The molecule has 4 nitrogen and oxygen atoms in total. The van der Waals surface area contributed by atoms with Crippen LogP contribution in [-0.2, 0) is 14.3 Å². The molecule has 0 spiro atoms. The highest BCUT2D eigenvalue weighted by molar-refractivity contribution is 5.72. The molecular formula is C14H19NO3. The van der Waals surface area contributed by atoms with Gasteiger partial charge in [0, 0.05) is 11.9 Å². The van der Waals surface area contributed by atoms with E-state index in [4.69, 9.17) is 9.47 Å². The molecule has 0 radical (unpaired) electrons. The maximum Gasteiger partial charge on any atom is 0.311 e. The molecule has 0 aliphatic carbocycles. The van der Waals surface area contributed by atoms with Crippen molar-refractivity contribution in [3.8, 4) is 0 Å². The van der Waals surface area contributed by atoms with Crippen molar-refractivity contribution in [2.24, 2.45) is 5.92 Å². The zero-order chi connectivity index (χ0) is 13.0. The number of esters is 1. The Kier molecular flexibility index (Phi) is 4.31. The van der Waals surface area contributed by atoms with Crippen molar-refractivity contribution in [3.05, 3.63) is 29.6 Å². The van der Waals surface area contributed by atoms with Gasteiger partial charge in [-0.05, 0) is 44.4 Å². The van der Waals surface area contributed by atoms with E-state index in [1.807, 2.05) is 26.0 Å². The minimum Gasteiger partial charge on any atom is -0.466 e. The molecule has 1 saturated heterocycles. The molecule has 18 heavy (non-hydrogen) atoms. The van der Waals surface area contributed by atoms with Crippen LogP contribution in [0, 0.1) is 12.8 Å². The summed E-state index contributed by atoms with van der Waals surface area (Å²) in [4.78, 5) is 15.8. The molecular weight excluding hydrogens is 230 g/mol. The fraction of sp³-hybridized carbons (Fsp3) is 0.571. The summed E-state index contributed by atoms with van der Waals surface area (Å²) in [5.74, 6) is -0.244. The van der Waals surface area contributed by atoms with Crippen molar-refractivity contribution >= 4 is 5.97 Å². The van der Waals surface area contributed by atoms with Crippen LogP contribution in [0.2, 0.25) is 0 Å². The van der Waals surface area contributed by atoms with Crippen molar-refractivity contribution in [1.82, 2.24) is 4.98 Å². The van der Waals surface area contributed by atoms with Crippen LogP contribution < -0.4 is 0 Å². The highest BCUT2D eigenvalue weighted by Crippen LogP contribution is 2.31. The molecule has 1 fully saturated rings. The van der Waals surface area contributed by atoms with Crippen LogP contribution in [0.4, 0.5) is 0 Å². The van der Waals surface area contributed by atoms with E-state index in [2.05, 4.69) is 4.98 Å². The van der Waals surface area contributed by atoms with E-state index in [9.17, 15) is 4.79 Å². The molecule has 1 aliphatic rings. The maximum absolute atomic E-state index is 11.6. The molecule has 1 aromatic heterocycles. The van der Waals surface area contributed by atoms with Crippen LogP contribution in [0.3, 0.4) is 0 Å². The summed E-state index contributed by atoms with van der Waals surface area (Å²) in [6, 6.07) is 4.01. The van der Waals surface area contributed by atoms with E-state index in [-0.39, 0.29) is 18.0 Å². The van der Waals surface area contributed by atoms with Gasteiger partial charge in [-0.15, -0.1) is 0 Å². The molecule has 0 aromatic carbocycles. The first kappa shape index (κ1) is 13.0. The average Bonchev–Trinajstić information content (AvgIpc) is 2.39. The summed E-state index contributed by atoms with van der Waals surface area (Å²) in [7, 11) is 0. The Morgan fingerprint density at radius 1 is 1.56 bits per heavy atom. The zero-order valence-corrected chi connectivity index (χ0v) is 10.9. The lowest BCUT2D eigenvalue weighted by molar-refractivity contribution is -0.154. The summed E-state index contributed by atoms with van der Waals surface area (Å²) in [5.41, 5.74) is 2.13. The smallest absolute Gasteiger partial charge is 0.311 e. The van der Waals surface area contributed by atoms with Crippen LogP contribution in [0.25, 0.3) is 0 Å². The van der Waals surface area contributed by atoms with Crippen LogP contribution in [-0.4, -0.2) is 24.2 Å². The predicted molar refractivity (Wildman–Crippen MR) is 67.0 cm³/mol. The van der Waals surface area contributed by atoms with Gasteiger partial charge in [-0.3, -0.25) is 9.78 Å². The third kappa shape index (κ3) is 3.07. The first-order valence-corrected chi connectivity index (χ1v) is 6.41. The van der Waals surface area contributed by atoms with Crippen LogP contribution in [0.5, 0.6) is 0 Å². The van der Waals surface area contributed by atoms with Crippen molar-refractivity contribution < 1.29 is 14.3 Å². The number of rotatable bonds is 3. The molecule has 0 amide bonds. The average molecular weight is 249 g/mol. The second kappa shape index (κ2) is 5.96. The zero-order valence-electron chi connectivity index (χ0n) is 10.9. The van der Waals surface area contributed by atoms with Gasteiger partial charge in [0.2, 0.25) is 0 Å². The van der Waals surface area contributed by atoms with Gasteiger partial charge in [-0.1, -0.05) is 0 Å². The Morgan fingerprint density at radius 2 is 2.39 bits per heavy atom. The van der Waals surface area contributed by atoms with E-state index in [1.54, 1.807) is 6.20 Å². The Bertz CT molecular complexity index is 411. The van der Waals surface area contributed by atoms with Gasteiger partial charge < -0.3 is 9.47 Å². The summed E-state index contributed by atoms with van der Waals surface area (Å²) in [5, 5.41) is 0. The highest BCUT2D eigenvalue weighted by Gasteiger charge is 2.28. The lowest BCUT2D eigenvalue weighted by atomic mass is 9.95. The molecule has 0 saturated carbocycles. The molecule has 1 aromatic rings. The van der Waals surface area contributed by atoms with Crippen molar-refractivity contribution in [2.75, 3.05) is 13.2 Å². The number of hydrogen-bond acceptors (Lipinski definition) is 4. The summed E-state index contributed by atoms with van der Waals surface area (Å²) >= 11 is 0. The lowest BCUT2D eigenvalue weighted by Crippen LogP contribution is -2.28. The van der Waals surface area contributed by atoms with Gasteiger partial charge in [0.05, 0.1) is 25.2 Å². The fourth-order valence-corrected chi connectivity index (χ4v) is 2.23. The van der Waals surface area contributed by atoms with Gasteiger partial charge in [0.15, 0.2) is 0 Å². The van der Waals surface area contributed by atoms with E-state index in [0.29, 0.717) is 13.2 Å². The maximum atomic E-state index is 11.6. The van der Waals surface area contributed by atoms with Crippen LogP contribution >= 0.6 is 0 Å². The molecule has 0 N–H and O–H groups in total. The largest absolute Gasteiger partial charge is 0.466 e.